The number of ether oxygens (including phenoxy) is 1. The number of nitrogens with zero attached hydrogens (tertiary/aromatic N) is 1. The first-order chi connectivity index (χ1) is 6.66. The van der Waals surface area contributed by atoms with Crippen molar-refractivity contribution >= 4 is 5.97 Å². The standard InChI is InChI=1S/C11H15NO2/c1-4-7-11(6-3,9-12)10(13)14-8-5-2/h4-5H,1-2,6-8H2,3H3. The van der Waals surface area contributed by atoms with Crippen molar-refractivity contribution in [3.63, 3.8) is 0 Å². The summed E-state index contributed by atoms with van der Waals surface area (Å²) in [4.78, 5) is 11.5. The summed E-state index contributed by atoms with van der Waals surface area (Å²) in [5.74, 6) is -0.498. The summed E-state index contributed by atoms with van der Waals surface area (Å²) >= 11 is 0. The first kappa shape index (κ1) is 12.4. The zero-order valence-electron chi connectivity index (χ0n) is 8.45. The van der Waals surface area contributed by atoms with Gasteiger partial charge in [-0.1, -0.05) is 25.7 Å². The summed E-state index contributed by atoms with van der Waals surface area (Å²) in [6, 6.07) is 1.99. The second-order valence-corrected chi connectivity index (χ2v) is 2.93. The predicted octanol–water partition coefficient (Wildman–Crippen LogP) is 2.21. The maximum Gasteiger partial charge on any atom is 0.327 e. The van der Waals surface area contributed by atoms with E-state index in [1.165, 1.54) is 6.08 Å². The molecule has 0 saturated carbocycles. The Balaban J connectivity index is 4.63. The van der Waals surface area contributed by atoms with E-state index in [9.17, 15) is 4.79 Å². The fraction of sp³-hybridized carbons (Fsp3) is 0.455. The Hall–Kier alpha value is -1.56. The lowest BCUT2D eigenvalue weighted by atomic mass is 9.83. The van der Waals surface area contributed by atoms with Gasteiger partial charge in [0, 0.05) is 0 Å². The van der Waals surface area contributed by atoms with E-state index >= 15 is 0 Å². The van der Waals surface area contributed by atoms with Gasteiger partial charge in [0.2, 0.25) is 0 Å². The van der Waals surface area contributed by atoms with Gasteiger partial charge in [0.1, 0.15) is 6.61 Å². The summed E-state index contributed by atoms with van der Waals surface area (Å²) in [6.07, 6.45) is 3.77. The van der Waals surface area contributed by atoms with Gasteiger partial charge in [0.05, 0.1) is 6.07 Å². The summed E-state index contributed by atoms with van der Waals surface area (Å²) in [5.41, 5.74) is -1.08. The number of hydrogen-bond acceptors (Lipinski definition) is 3. The van der Waals surface area contributed by atoms with Crippen LogP contribution in [-0.4, -0.2) is 12.6 Å². The largest absolute Gasteiger partial charge is 0.460 e. The molecule has 1 unspecified atom stereocenters. The first-order valence-electron chi connectivity index (χ1n) is 4.47. The maximum absolute atomic E-state index is 11.5. The molecule has 0 fully saturated rings. The fourth-order valence-corrected chi connectivity index (χ4v) is 1.06. The van der Waals surface area contributed by atoms with Crippen LogP contribution in [-0.2, 0) is 9.53 Å². The van der Waals surface area contributed by atoms with Crippen molar-refractivity contribution in [1.29, 1.82) is 5.26 Å². The first-order valence-corrected chi connectivity index (χ1v) is 4.47. The van der Waals surface area contributed by atoms with Crippen LogP contribution in [0.5, 0.6) is 0 Å². The van der Waals surface area contributed by atoms with Crippen LogP contribution in [0.25, 0.3) is 0 Å². The SMILES string of the molecule is C=CCOC(=O)C(C#N)(CC)CC=C. The molecule has 76 valence electrons. The van der Waals surface area contributed by atoms with Crippen LogP contribution < -0.4 is 0 Å². The number of carbonyl (C=O) groups excluding carboxylic acids is 1. The zero-order valence-corrected chi connectivity index (χ0v) is 8.45. The Labute approximate surface area is 84.7 Å². The summed E-state index contributed by atoms with van der Waals surface area (Å²) in [6.45, 7) is 8.88. The lowest BCUT2D eigenvalue weighted by Gasteiger charge is -2.20. The highest BCUT2D eigenvalue weighted by atomic mass is 16.5. The fourth-order valence-electron chi connectivity index (χ4n) is 1.06. The van der Waals surface area contributed by atoms with Crippen molar-refractivity contribution in [3.8, 4) is 6.07 Å². The molecule has 0 rings (SSSR count). The molecule has 0 aromatic rings. The number of allylic oxidation sites excluding steroid dienone is 1. The minimum atomic E-state index is -1.08. The molecular weight excluding hydrogens is 178 g/mol. The smallest absolute Gasteiger partial charge is 0.327 e. The number of nitriles is 1. The Morgan fingerprint density at radius 2 is 2.21 bits per heavy atom. The molecule has 0 saturated heterocycles. The minimum Gasteiger partial charge on any atom is -0.460 e. The number of rotatable bonds is 6. The van der Waals surface area contributed by atoms with Crippen molar-refractivity contribution in [2.24, 2.45) is 5.41 Å². The third kappa shape index (κ3) is 2.74. The van der Waals surface area contributed by atoms with Gasteiger partial charge in [-0.3, -0.25) is 4.79 Å². The molecule has 0 aliphatic heterocycles. The van der Waals surface area contributed by atoms with Crippen molar-refractivity contribution < 1.29 is 9.53 Å². The van der Waals surface area contributed by atoms with Gasteiger partial charge in [-0.2, -0.15) is 5.26 Å². The van der Waals surface area contributed by atoms with Crippen molar-refractivity contribution in [3.05, 3.63) is 25.3 Å². The van der Waals surface area contributed by atoms with Gasteiger partial charge in [-0.15, -0.1) is 6.58 Å². The Morgan fingerprint density at radius 1 is 1.57 bits per heavy atom. The van der Waals surface area contributed by atoms with Crippen LogP contribution in [0.2, 0.25) is 0 Å². The zero-order chi connectivity index (χ0) is 11.0. The molecule has 3 nitrogen and oxygen atoms in total. The minimum absolute atomic E-state index is 0.138. The highest BCUT2D eigenvalue weighted by molar-refractivity contribution is 5.80. The van der Waals surface area contributed by atoms with E-state index in [4.69, 9.17) is 10.00 Å². The molecule has 0 aliphatic carbocycles. The topological polar surface area (TPSA) is 50.1 Å². The molecule has 0 N–H and O–H groups in total. The van der Waals surface area contributed by atoms with Gasteiger partial charge < -0.3 is 4.74 Å². The lowest BCUT2D eigenvalue weighted by molar-refractivity contribution is -0.151. The molecule has 1 atom stereocenters. The molecule has 0 amide bonds. The second-order valence-electron chi connectivity index (χ2n) is 2.93. The van der Waals surface area contributed by atoms with Crippen molar-refractivity contribution in [1.82, 2.24) is 0 Å². The summed E-state index contributed by atoms with van der Waals surface area (Å²) in [7, 11) is 0. The summed E-state index contributed by atoms with van der Waals surface area (Å²) < 4.78 is 4.86. The molecule has 0 aliphatic rings. The van der Waals surface area contributed by atoms with E-state index in [1.807, 2.05) is 6.07 Å². The van der Waals surface area contributed by atoms with Crippen LogP contribution in [0.4, 0.5) is 0 Å². The average molecular weight is 193 g/mol. The number of hydrogen-bond donors (Lipinski definition) is 0. The molecule has 0 heterocycles. The second kappa shape index (κ2) is 5.98. The normalized spacial score (nSPS) is 13.4. The summed E-state index contributed by atoms with van der Waals surface area (Å²) in [5, 5.41) is 8.95. The average Bonchev–Trinajstić information content (AvgIpc) is 2.22. The monoisotopic (exact) mass is 193 g/mol. The van der Waals surface area contributed by atoms with Crippen LogP contribution in [0.1, 0.15) is 19.8 Å². The molecule has 0 bridgehead atoms. The van der Waals surface area contributed by atoms with Gasteiger partial charge in [-0.05, 0) is 12.8 Å². The van der Waals surface area contributed by atoms with E-state index in [0.29, 0.717) is 12.8 Å². The van der Waals surface area contributed by atoms with Crippen LogP contribution in [0, 0.1) is 16.7 Å². The highest BCUT2D eigenvalue weighted by Gasteiger charge is 2.37. The third-order valence-corrected chi connectivity index (χ3v) is 2.03. The number of carbonyl (C=O) groups is 1. The molecule has 0 aromatic carbocycles. The highest BCUT2D eigenvalue weighted by Crippen LogP contribution is 2.27. The molecule has 3 heteroatoms. The van der Waals surface area contributed by atoms with Gasteiger partial charge in [0.15, 0.2) is 5.41 Å². The number of esters is 1. The molecule has 0 aromatic heterocycles. The van der Waals surface area contributed by atoms with Crippen molar-refractivity contribution in [2.45, 2.75) is 19.8 Å². The molecular formula is C11H15NO2. The Morgan fingerprint density at radius 3 is 2.57 bits per heavy atom. The van der Waals surface area contributed by atoms with Gasteiger partial charge in [-0.25, -0.2) is 0 Å². The van der Waals surface area contributed by atoms with E-state index in [1.54, 1.807) is 13.0 Å². The lowest BCUT2D eigenvalue weighted by Crippen LogP contribution is -2.30. The maximum atomic E-state index is 11.5. The van der Waals surface area contributed by atoms with Crippen LogP contribution in [0.15, 0.2) is 25.3 Å². The van der Waals surface area contributed by atoms with E-state index in [0.717, 1.165) is 0 Å². The molecule has 0 radical (unpaired) electrons. The van der Waals surface area contributed by atoms with Crippen molar-refractivity contribution in [2.75, 3.05) is 6.61 Å². The van der Waals surface area contributed by atoms with E-state index in [2.05, 4.69) is 13.2 Å². The Bertz CT molecular complexity index is 265. The van der Waals surface area contributed by atoms with Crippen LogP contribution in [0.3, 0.4) is 0 Å². The van der Waals surface area contributed by atoms with E-state index < -0.39 is 11.4 Å². The van der Waals surface area contributed by atoms with Crippen LogP contribution >= 0.6 is 0 Å². The quantitative estimate of drug-likeness (QED) is 0.480. The van der Waals surface area contributed by atoms with Gasteiger partial charge >= 0.3 is 5.97 Å². The predicted molar refractivity (Wildman–Crippen MR) is 54.3 cm³/mol. The molecule has 0 spiro atoms. The van der Waals surface area contributed by atoms with Gasteiger partial charge in [0.25, 0.3) is 0 Å². The third-order valence-electron chi connectivity index (χ3n) is 2.03. The molecule has 14 heavy (non-hydrogen) atoms. The van der Waals surface area contributed by atoms with E-state index in [-0.39, 0.29) is 6.61 Å². The Kier molecular flexibility index (Phi) is 5.31.